The summed E-state index contributed by atoms with van der Waals surface area (Å²) in [5.74, 6) is 0.548. The lowest BCUT2D eigenvalue weighted by atomic mass is 9.91. The van der Waals surface area contributed by atoms with Crippen molar-refractivity contribution in [2.75, 3.05) is 13.1 Å². The van der Waals surface area contributed by atoms with E-state index in [2.05, 4.69) is 6.92 Å². The summed E-state index contributed by atoms with van der Waals surface area (Å²) >= 11 is 1.64. The van der Waals surface area contributed by atoms with Crippen LogP contribution in [0.2, 0.25) is 0 Å². The number of thiophene rings is 1. The van der Waals surface area contributed by atoms with E-state index >= 15 is 0 Å². The second-order valence-electron chi connectivity index (χ2n) is 4.75. The van der Waals surface area contributed by atoms with Crippen LogP contribution in [0.4, 0.5) is 0 Å². The summed E-state index contributed by atoms with van der Waals surface area (Å²) in [5, 5.41) is 2.01. The quantitative estimate of drug-likeness (QED) is 0.852. The van der Waals surface area contributed by atoms with Crippen molar-refractivity contribution >= 4 is 23.3 Å². The molecule has 1 aromatic rings. The number of carbonyl (C=O) groups excluding carboxylic acids is 1. The molecule has 3 nitrogen and oxygen atoms in total. The molecule has 0 bridgehead atoms. The summed E-state index contributed by atoms with van der Waals surface area (Å²) in [5.41, 5.74) is 6.05. The number of hydrogen-bond acceptors (Lipinski definition) is 3. The number of carbonyl (C=O) groups is 1. The molecule has 18 heavy (non-hydrogen) atoms. The van der Waals surface area contributed by atoms with Crippen molar-refractivity contribution < 1.29 is 4.79 Å². The Kier molecular flexibility index (Phi) is 4.55. The van der Waals surface area contributed by atoms with E-state index < -0.39 is 0 Å². The number of nitrogens with two attached hydrogens (primary N) is 1. The lowest BCUT2D eigenvalue weighted by Crippen LogP contribution is -2.48. The van der Waals surface area contributed by atoms with Gasteiger partial charge in [0.2, 0.25) is 5.91 Å². The predicted molar refractivity (Wildman–Crippen MR) is 76.3 cm³/mol. The highest BCUT2D eigenvalue weighted by Crippen LogP contribution is 2.19. The fraction of sp³-hybridized carbons (Fsp3) is 0.500. The highest BCUT2D eigenvalue weighted by atomic mass is 32.1. The molecule has 2 rings (SSSR count). The van der Waals surface area contributed by atoms with Crippen molar-refractivity contribution in [3.8, 4) is 0 Å². The smallest absolute Gasteiger partial charge is 0.246 e. The standard InChI is InChI=1S/C14H20N2OS/c1-2-11-10-16(8-7-13(11)15)14(17)6-5-12-4-3-9-18-12/h3-6,9,11,13H,2,7-8,10,15H2,1H3/b6-5+. The summed E-state index contributed by atoms with van der Waals surface area (Å²) in [4.78, 5) is 15.1. The molecule has 1 fully saturated rings. The van der Waals surface area contributed by atoms with Gasteiger partial charge in [0.1, 0.15) is 0 Å². The molecule has 0 saturated carbocycles. The van der Waals surface area contributed by atoms with Gasteiger partial charge in [0, 0.05) is 30.1 Å². The topological polar surface area (TPSA) is 46.3 Å². The Morgan fingerprint density at radius 3 is 3.17 bits per heavy atom. The molecule has 2 atom stereocenters. The van der Waals surface area contributed by atoms with Crippen molar-refractivity contribution in [1.29, 1.82) is 0 Å². The van der Waals surface area contributed by atoms with Crippen LogP contribution in [0.1, 0.15) is 24.6 Å². The van der Waals surface area contributed by atoms with Crippen LogP contribution in [0.3, 0.4) is 0 Å². The molecule has 0 spiro atoms. The van der Waals surface area contributed by atoms with Crippen LogP contribution >= 0.6 is 11.3 Å². The third-order valence-electron chi connectivity index (χ3n) is 3.56. The predicted octanol–water partition coefficient (Wildman–Crippen LogP) is 2.35. The minimum Gasteiger partial charge on any atom is -0.339 e. The van der Waals surface area contributed by atoms with Crippen molar-refractivity contribution in [2.24, 2.45) is 11.7 Å². The van der Waals surface area contributed by atoms with Crippen molar-refractivity contribution in [1.82, 2.24) is 4.90 Å². The fourth-order valence-electron chi connectivity index (χ4n) is 2.33. The average Bonchev–Trinajstić information content (AvgIpc) is 2.89. The molecule has 0 radical (unpaired) electrons. The van der Waals surface area contributed by atoms with Crippen LogP contribution in [0.15, 0.2) is 23.6 Å². The van der Waals surface area contributed by atoms with Gasteiger partial charge < -0.3 is 10.6 Å². The summed E-state index contributed by atoms with van der Waals surface area (Å²) < 4.78 is 0. The van der Waals surface area contributed by atoms with Gasteiger partial charge in [0.15, 0.2) is 0 Å². The number of amides is 1. The van der Waals surface area contributed by atoms with E-state index in [0.717, 1.165) is 30.8 Å². The van der Waals surface area contributed by atoms with Crippen molar-refractivity contribution in [2.45, 2.75) is 25.8 Å². The molecular weight excluding hydrogens is 244 g/mol. The van der Waals surface area contributed by atoms with E-state index in [0.29, 0.717) is 5.92 Å². The monoisotopic (exact) mass is 264 g/mol. The normalized spacial score (nSPS) is 24.7. The van der Waals surface area contributed by atoms with E-state index in [1.165, 1.54) is 0 Å². The molecule has 0 aromatic carbocycles. The van der Waals surface area contributed by atoms with Gasteiger partial charge in [0.25, 0.3) is 0 Å². The van der Waals surface area contributed by atoms with E-state index in [1.807, 2.05) is 28.5 Å². The fourth-order valence-corrected chi connectivity index (χ4v) is 2.95. The zero-order valence-electron chi connectivity index (χ0n) is 10.7. The molecule has 4 heteroatoms. The van der Waals surface area contributed by atoms with E-state index in [-0.39, 0.29) is 11.9 Å². The summed E-state index contributed by atoms with van der Waals surface area (Å²) in [6.07, 6.45) is 5.52. The number of piperidine rings is 1. The summed E-state index contributed by atoms with van der Waals surface area (Å²) in [6, 6.07) is 4.25. The molecule has 1 aliphatic rings. The van der Waals surface area contributed by atoms with E-state index in [4.69, 9.17) is 5.73 Å². The molecule has 98 valence electrons. The number of rotatable bonds is 3. The van der Waals surface area contributed by atoms with Gasteiger partial charge in [-0.05, 0) is 29.9 Å². The third kappa shape index (κ3) is 3.21. The molecule has 1 saturated heterocycles. The molecule has 2 unspecified atom stereocenters. The zero-order valence-corrected chi connectivity index (χ0v) is 11.5. The van der Waals surface area contributed by atoms with Crippen LogP contribution in [-0.4, -0.2) is 29.9 Å². The molecule has 2 N–H and O–H groups in total. The highest BCUT2D eigenvalue weighted by Gasteiger charge is 2.26. The SMILES string of the molecule is CCC1CN(C(=O)/C=C/c2cccs2)CCC1N. The van der Waals surface area contributed by atoms with Gasteiger partial charge in [-0.3, -0.25) is 4.79 Å². The minimum atomic E-state index is 0.105. The first-order valence-corrected chi connectivity index (χ1v) is 7.34. The van der Waals surface area contributed by atoms with Gasteiger partial charge in [-0.1, -0.05) is 19.4 Å². The first-order valence-electron chi connectivity index (χ1n) is 6.46. The van der Waals surface area contributed by atoms with Crippen LogP contribution in [0.25, 0.3) is 6.08 Å². The van der Waals surface area contributed by atoms with Gasteiger partial charge >= 0.3 is 0 Å². The molecule has 2 heterocycles. The molecule has 1 aliphatic heterocycles. The number of nitrogens with zero attached hydrogens (tertiary/aromatic N) is 1. The van der Waals surface area contributed by atoms with Crippen LogP contribution in [-0.2, 0) is 4.79 Å². The number of hydrogen-bond donors (Lipinski definition) is 1. The van der Waals surface area contributed by atoms with Gasteiger partial charge in [-0.2, -0.15) is 0 Å². The van der Waals surface area contributed by atoms with E-state index in [1.54, 1.807) is 17.4 Å². The third-order valence-corrected chi connectivity index (χ3v) is 4.40. The Hall–Kier alpha value is -1.13. The van der Waals surface area contributed by atoms with Gasteiger partial charge in [-0.25, -0.2) is 0 Å². The lowest BCUT2D eigenvalue weighted by molar-refractivity contribution is -0.127. The molecule has 0 aliphatic carbocycles. The van der Waals surface area contributed by atoms with Gasteiger partial charge in [-0.15, -0.1) is 11.3 Å². The lowest BCUT2D eigenvalue weighted by Gasteiger charge is -2.36. The zero-order chi connectivity index (χ0) is 13.0. The van der Waals surface area contributed by atoms with Crippen LogP contribution in [0, 0.1) is 5.92 Å². The largest absolute Gasteiger partial charge is 0.339 e. The van der Waals surface area contributed by atoms with Crippen molar-refractivity contribution in [3.63, 3.8) is 0 Å². The van der Waals surface area contributed by atoms with Gasteiger partial charge in [0.05, 0.1) is 0 Å². The maximum absolute atomic E-state index is 12.1. The van der Waals surface area contributed by atoms with Crippen LogP contribution < -0.4 is 5.73 Å². The molecule has 1 amide bonds. The number of likely N-dealkylation sites (tertiary alicyclic amines) is 1. The minimum absolute atomic E-state index is 0.105. The maximum Gasteiger partial charge on any atom is 0.246 e. The van der Waals surface area contributed by atoms with Crippen LogP contribution in [0.5, 0.6) is 0 Å². The highest BCUT2D eigenvalue weighted by molar-refractivity contribution is 7.10. The Labute approximate surface area is 112 Å². The Balaban J connectivity index is 1.93. The van der Waals surface area contributed by atoms with E-state index in [9.17, 15) is 4.79 Å². The Morgan fingerprint density at radius 1 is 1.67 bits per heavy atom. The average molecular weight is 264 g/mol. The Morgan fingerprint density at radius 2 is 2.50 bits per heavy atom. The van der Waals surface area contributed by atoms with Crippen molar-refractivity contribution in [3.05, 3.63) is 28.5 Å². The molecule has 1 aromatic heterocycles. The summed E-state index contributed by atoms with van der Waals surface area (Å²) in [7, 11) is 0. The Bertz CT molecular complexity index is 413. The maximum atomic E-state index is 12.1. The second-order valence-corrected chi connectivity index (χ2v) is 5.73. The first kappa shape index (κ1) is 13.3. The first-order chi connectivity index (χ1) is 8.70. The second kappa shape index (κ2) is 6.16. The summed E-state index contributed by atoms with van der Waals surface area (Å²) in [6.45, 7) is 3.72. The molecular formula is C14H20N2OS.